The molecule has 1 aromatic rings. The summed E-state index contributed by atoms with van der Waals surface area (Å²) in [6.45, 7) is 6.55. The van der Waals surface area contributed by atoms with Crippen molar-refractivity contribution in [3.63, 3.8) is 0 Å². The highest BCUT2D eigenvalue weighted by Gasteiger charge is 2.47. The quantitative estimate of drug-likeness (QED) is 0.853. The molecule has 2 aliphatic heterocycles. The van der Waals surface area contributed by atoms with E-state index in [0.29, 0.717) is 17.7 Å². The third-order valence-corrected chi connectivity index (χ3v) is 5.08. The molecule has 0 N–H and O–H groups in total. The van der Waals surface area contributed by atoms with Crippen LogP contribution in [0.15, 0.2) is 18.2 Å². The molecule has 2 saturated heterocycles. The van der Waals surface area contributed by atoms with E-state index in [1.54, 1.807) is 0 Å². The zero-order valence-electron chi connectivity index (χ0n) is 12.7. The zero-order valence-corrected chi connectivity index (χ0v) is 12.7. The molecule has 3 fully saturated rings. The zero-order chi connectivity index (χ0) is 14.4. The summed E-state index contributed by atoms with van der Waals surface area (Å²) >= 11 is 0. The van der Waals surface area contributed by atoms with Crippen LogP contribution in [0, 0.1) is 5.92 Å². The molecular formula is C17H23N3O. The Morgan fingerprint density at radius 3 is 2.71 bits per heavy atom. The summed E-state index contributed by atoms with van der Waals surface area (Å²) in [5.41, 5.74) is 1.75. The fourth-order valence-electron chi connectivity index (χ4n) is 3.78. The van der Waals surface area contributed by atoms with Crippen LogP contribution in [0.3, 0.4) is 0 Å². The van der Waals surface area contributed by atoms with Gasteiger partial charge in [0.25, 0.3) is 5.91 Å². The van der Waals surface area contributed by atoms with Crippen LogP contribution in [0.25, 0.3) is 0 Å². The van der Waals surface area contributed by atoms with E-state index in [4.69, 9.17) is 0 Å². The second-order valence-corrected chi connectivity index (χ2v) is 6.92. The second kappa shape index (κ2) is 5.09. The molecule has 4 heteroatoms. The van der Waals surface area contributed by atoms with Gasteiger partial charge < -0.3 is 4.90 Å². The fraction of sp³-hybridized carbons (Fsp3) is 0.647. The summed E-state index contributed by atoms with van der Waals surface area (Å²) < 4.78 is 0. The number of nitrogens with zero attached hydrogens (tertiary/aromatic N) is 3. The maximum Gasteiger partial charge on any atom is 0.272 e. The minimum Gasteiger partial charge on any atom is -0.337 e. The van der Waals surface area contributed by atoms with Crippen molar-refractivity contribution in [2.45, 2.75) is 38.1 Å². The molecule has 2 unspecified atom stereocenters. The third kappa shape index (κ3) is 2.46. The fourth-order valence-corrected chi connectivity index (χ4v) is 3.78. The normalized spacial score (nSPS) is 29.5. The third-order valence-electron chi connectivity index (χ3n) is 5.08. The van der Waals surface area contributed by atoms with Crippen molar-refractivity contribution in [1.82, 2.24) is 14.8 Å². The summed E-state index contributed by atoms with van der Waals surface area (Å²) in [7, 11) is 0. The van der Waals surface area contributed by atoms with Crippen LogP contribution < -0.4 is 0 Å². The highest BCUT2D eigenvalue weighted by molar-refractivity contribution is 5.92. The Bertz CT molecular complexity index is 547. The van der Waals surface area contributed by atoms with Crippen molar-refractivity contribution in [2.75, 3.05) is 26.2 Å². The van der Waals surface area contributed by atoms with Crippen LogP contribution in [0.2, 0.25) is 0 Å². The first-order valence-corrected chi connectivity index (χ1v) is 8.22. The molecular weight excluding hydrogens is 262 g/mol. The molecule has 1 amide bonds. The molecule has 2 atom stereocenters. The van der Waals surface area contributed by atoms with Crippen LogP contribution in [-0.4, -0.2) is 52.9 Å². The maximum atomic E-state index is 12.4. The predicted octanol–water partition coefficient (Wildman–Crippen LogP) is 2.13. The van der Waals surface area contributed by atoms with Crippen LogP contribution in [0.4, 0.5) is 0 Å². The summed E-state index contributed by atoms with van der Waals surface area (Å²) in [5, 5.41) is 0. The SMILES string of the molecule is CC1CN(C2CC2c2cccc(C(=O)N3CCCC3)n2)C1. The summed E-state index contributed by atoms with van der Waals surface area (Å²) in [5.74, 6) is 1.51. The highest BCUT2D eigenvalue weighted by atomic mass is 16.2. The summed E-state index contributed by atoms with van der Waals surface area (Å²) in [6.07, 6.45) is 3.47. The van der Waals surface area contributed by atoms with Gasteiger partial charge in [-0.3, -0.25) is 9.69 Å². The lowest BCUT2D eigenvalue weighted by molar-refractivity contribution is 0.0786. The van der Waals surface area contributed by atoms with E-state index in [9.17, 15) is 4.79 Å². The standard InChI is InChI=1S/C17H23N3O/c1-12-10-20(11-12)16-9-13(16)14-5-4-6-15(18-14)17(21)19-7-2-3-8-19/h4-6,12-13,16H,2-3,7-11H2,1H3. The molecule has 112 valence electrons. The average Bonchev–Trinajstić information content (AvgIpc) is 3.06. The molecule has 4 rings (SSSR count). The first-order valence-electron chi connectivity index (χ1n) is 8.22. The Morgan fingerprint density at radius 2 is 2.00 bits per heavy atom. The Hall–Kier alpha value is -1.42. The van der Waals surface area contributed by atoms with Gasteiger partial charge in [-0.1, -0.05) is 13.0 Å². The van der Waals surface area contributed by atoms with Crippen LogP contribution >= 0.6 is 0 Å². The molecule has 21 heavy (non-hydrogen) atoms. The molecule has 3 heterocycles. The summed E-state index contributed by atoms with van der Waals surface area (Å²) in [6, 6.07) is 6.63. The molecule has 1 saturated carbocycles. The van der Waals surface area contributed by atoms with Crippen LogP contribution in [0.1, 0.15) is 48.3 Å². The van der Waals surface area contributed by atoms with Crippen LogP contribution in [-0.2, 0) is 0 Å². The minimum atomic E-state index is 0.115. The first kappa shape index (κ1) is 13.3. The highest BCUT2D eigenvalue weighted by Crippen LogP contribution is 2.46. The molecule has 0 bridgehead atoms. The van der Waals surface area contributed by atoms with Gasteiger partial charge in [-0.05, 0) is 37.3 Å². The van der Waals surface area contributed by atoms with Crippen LogP contribution in [0.5, 0.6) is 0 Å². The largest absolute Gasteiger partial charge is 0.337 e. The number of rotatable bonds is 3. The smallest absolute Gasteiger partial charge is 0.272 e. The predicted molar refractivity (Wildman–Crippen MR) is 81.3 cm³/mol. The van der Waals surface area contributed by atoms with Crippen molar-refractivity contribution < 1.29 is 4.79 Å². The molecule has 4 nitrogen and oxygen atoms in total. The molecule has 0 spiro atoms. The van der Waals surface area contributed by atoms with Crippen molar-refractivity contribution >= 4 is 5.91 Å². The lowest BCUT2D eigenvalue weighted by atomic mass is 10.0. The monoisotopic (exact) mass is 285 g/mol. The van der Waals surface area contributed by atoms with Crippen molar-refractivity contribution in [1.29, 1.82) is 0 Å². The average molecular weight is 285 g/mol. The number of hydrogen-bond acceptors (Lipinski definition) is 3. The van der Waals surface area contributed by atoms with Gasteiger partial charge in [0.1, 0.15) is 5.69 Å². The van der Waals surface area contributed by atoms with Crippen molar-refractivity contribution in [2.24, 2.45) is 5.92 Å². The number of carbonyl (C=O) groups is 1. The lowest BCUT2D eigenvalue weighted by Gasteiger charge is -2.37. The van der Waals surface area contributed by atoms with E-state index < -0.39 is 0 Å². The van der Waals surface area contributed by atoms with Crippen molar-refractivity contribution in [3.05, 3.63) is 29.6 Å². The van der Waals surface area contributed by atoms with E-state index >= 15 is 0 Å². The Labute approximate surface area is 126 Å². The van der Waals surface area contributed by atoms with Gasteiger partial charge in [-0.25, -0.2) is 4.98 Å². The minimum absolute atomic E-state index is 0.115. The number of aromatic nitrogens is 1. The van der Waals surface area contributed by atoms with Gasteiger partial charge in [-0.2, -0.15) is 0 Å². The van der Waals surface area contributed by atoms with Gasteiger partial charge in [0.05, 0.1) is 0 Å². The maximum absolute atomic E-state index is 12.4. The van der Waals surface area contributed by atoms with Gasteiger partial charge in [0, 0.05) is 43.8 Å². The lowest BCUT2D eigenvalue weighted by Crippen LogP contribution is -2.46. The molecule has 1 aliphatic carbocycles. The molecule has 1 aromatic heterocycles. The molecule has 3 aliphatic rings. The Kier molecular flexibility index (Phi) is 3.21. The number of carbonyl (C=O) groups excluding carboxylic acids is 1. The Morgan fingerprint density at radius 1 is 1.24 bits per heavy atom. The topological polar surface area (TPSA) is 36.4 Å². The second-order valence-electron chi connectivity index (χ2n) is 6.92. The number of hydrogen-bond donors (Lipinski definition) is 0. The van der Waals surface area contributed by atoms with E-state index in [1.165, 1.54) is 19.5 Å². The number of amides is 1. The van der Waals surface area contributed by atoms with Gasteiger partial charge in [0.2, 0.25) is 0 Å². The van der Waals surface area contributed by atoms with E-state index in [0.717, 1.165) is 37.5 Å². The van der Waals surface area contributed by atoms with Crippen molar-refractivity contribution in [3.8, 4) is 0 Å². The van der Waals surface area contributed by atoms with E-state index in [-0.39, 0.29) is 5.91 Å². The first-order chi connectivity index (χ1) is 10.2. The number of likely N-dealkylation sites (tertiary alicyclic amines) is 2. The van der Waals surface area contributed by atoms with Gasteiger partial charge >= 0.3 is 0 Å². The molecule has 0 radical (unpaired) electrons. The molecule has 0 aromatic carbocycles. The van der Waals surface area contributed by atoms with E-state index in [1.807, 2.05) is 17.0 Å². The van der Waals surface area contributed by atoms with Gasteiger partial charge in [-0.15, -0.1) is 0 Å². The van der Waals surface area contributed by atoms with E-state index in [2.05, 4.69) is 22.9 Å². The van der Waals surface area contributed by atoms with Gasteiger partial charge in [0.15, 0.2) is 0 Å². The summed E-state index contributed by atoms with van der Waals surface area (Å²) in [4.78, 5) is 21.6. The number of pyridine rings is 1. The Balaban J connectivity index is 1.45.